The highest BCUT2D eigenvalue weighted by Gasteiger charge is 2.24. The van der Waals surface area contributed by atoms with Crippen molar-refractivity contribution < 1.29 is 36.3 Å². The van der Waals surface area contributed by atoms with Gasteiger partial charge in [-0.05, 0) is 37.3 Å². The normalized spacial score (nSPS) is 11.1. The van der Waals surface area contributed by atoms with Crippen LogP contribution in [-0.2, 0) is 26.2 Å². The van der Waals surface area contributed by atoms with Crippen molar-refractivity contribution in [2.75, 3.05) is 13.7 Å². The molecule has 150 valence electrons. The summed E-state index contributed by atoms with van der Waals surface area (Å²) in [6.45, 7) is 0.234. The quantitative estimate of drug-likeness (QED) is 0.526. The lowest BCUT2D eigenvalue weighted by Crippen LogP contribution is -2.31. The van der Waals surface area contributed by atoms with Gasteiger partial charge >= 0.3 is 5.97 Å². The minimum absolute atomic E-state index is 0.199. The van der Waals surface area contributed by atoms with Gasteiger partial charge in [0.15, 0.2) is 10.7 Å². The van der Waals surface area contributed by atoms with Gasteiger partial charge in [0, 0.05) is 11.1 Å². The number of carbonyl (C=O) groups excluding carboxylic acids is 2. The average Bonchev–Trinajstić information content (AvgIpc) is 2.64. The Morgan fingerprint density at radius 2 is 1.75 bits per heavy atom. The monoisotopic (exact) mass is 413 g/mol. The van der Waals surface area contributed by atoms with Gasteiger partial charge in [-0.2, -0.15) is 4.72 Å². The van der Waals surface area contributed by atoms with Crippen LogP contribution in [0.1, 0.15) is 22.8 Å². The maximum atomic E-state index is 13.6. The molecule has 1 N–H and O–H groups in total. The number of benzene rings is 2. The zero-order valence-electron chi connectivity index (χ0n) is 15.0. The van der Waals surface area contributed by atoms with E-state index in [-0.39, 0.29) is 12.4 Å². The molecule has 7 nitrogen and oxygen atoms in total. The topological polar surface area (TPSA) is 98.8 Å². The molecule has 0 bridgehead atoms. The fourth-order valence-corrected chi connectivity index (χ4v) is 3.39. The van der Waals surface area contributed by atoms with E-state index in [0.717, 1.165) is 18.2 Å². The van der Waals surface area contributed by atoms with Crippen LogP contribution in [0.15, 0.2) is 41.3 Å². The first-order chi connectivity index (χ1) is 13.2. The molecular formula is C18H17F2NO6S. The fourth-order valence-electron chi connectivity index (χ4n) is 2.29. The van der Waals surface area contributed by atoms with E-state index in [1.54, 1.807) is 10.8 Å². The highest BCUT2D eigenvalue weighted by atomic mass is 32.2. The molecule has 0 aliphatic carbocycles. The number of hydrogen-bond acceptors (Lipinski definition) is 6. The molecule has 0 atom stereocenters. The number of halogens is 2. The standard InChI is InChI=1S/C18H17F2NO6S/c1-11(22)12-6-7-16(26-2)13(8-12)10-27-17(23)9-21-28(24,25)18-14(19)4-3-5-15(18)20/h3-8,21H,9-10H2,1-2H3. The molecule has 0 saturated carbocycles. The van der Waals surface area contributed by atoms with Crippen molar-refractivity contribution in [3.05, 3.63) is 59.2 Å². The summed E-state index contributed by atoms with van der Waals surface area (Å²) in [6, 6.07) is 7.13. The van der Waals surface area contributed by atoms with Gasteiger partial charge < -0.3 is 9.47 Å². The lowest BCUT2D eigenvalue weighted by molar-refractivity contribution is -0.143. The smallest absolute Gasteiger partial charge is 0.321 e. The zero-order chi connectivity index (χ0) is 20.9. The molecular weight excluding hydrogens is 396 g/mol. The summed E-state index contributed by atoms with van der Waals surface area (Å²) in [6.07, 6.45) is 0. The Kier molecular flexibility index (Phi) is 6.81. The molecule has 0 fully saturated rings. The van der Waals surface area contributed by atoms with E-state index in [2.05, 4.69) is 0 Å². The molecule has 2 aromatic rings. The van der Waals surface area contributed by atoms with Gasteiger partial charge in [0.05, 0.1) is 7.11 Å². The first-order valence-electron chi connectivity index (χ1n) is 7.93. The molecule has 0 aromatic heterocycles. The first kappa shape index (κ1) is 21.5. The lowest BCUT2D eigenvalue weighted by Gasteiger charge is -2.11. The minimum Gasteiger partial charge on any atom is -0.496 e. The second-order valence-electron chi connectivity index (χ2n) is 5.62. The highest BCUT2D eigenvalue weighted by Crippen LogP contribution is 2.21. The molecule has 0 radical (unpaired) electrons. The van der Waals surface area contributed by atoms with Crippen molar-refractivity contribution in [1.82, 2.24) is 4.72 Å². The molecule has 10 heteroatoms. The molecule has 0 spiro atoms. The maximum Gasteiger partial charge on any atom is 0.321 e. The number of rotatable bonds is 8. The van der Waals surface area contributed by atoms with Crippen molar-refractivity contribution in [1.29, 1.82) is 0 Å². The average molecular weight is 413 g/mol. The molecule has 0 aliphatic rings. The maximum absolute atomic E-state index is 13.6. The molecule has 2 aromatic carbocycles. The molecule has 0 saturated heterocycles. The summed E-state index contributed by atoms with van der Waals surface area (Å²) in [4.78, 5) is 22.1. The summed E-state index contributed by atoms with van der Waals surface area (Å²) in [5, 5.41) is 0. The van der Waals surface area contributed by atoms with Gasteiger partial charge in [-0.1, -0.05) is 6.07 Å². The molecule has 0 amide bonds. The summed E-state index contributed by atoms with van der Waals surface area (Å²) in [5.74, 6) is -3.39. The second kappa shape index (κ2) is 8.89. The molecule has 2 rings (SSSR count). The predicted octanol–water partition coefficient (Wildman–Crippen LogP) is 2.20. The number of sulfonamides is 1. The van der Waals surface area contributed by atoms with Crippen LogP contribution in [0.5, 0.6) is 5.75 Å². The number of nitrogens with one attached hydrogen (secondary N) is 1. The highest BCUT2D eigenvalue weighted by molar-refractivity contribution is 7.89. The third-order valence-corrected chi connectivity index (χ3v) is 5.12. The number of esters is 1. The van der Waals surface area contributed by atoms with E-state index in [9.17, 15) is 26.8 Å². The van der Waals surface area contributed by atoms with Crippen LogP contribution in [0, 0.1) is 11.6 Å². The van der Waals surface area contributed by atoms with E-state index in [4.69, 9.17) is 9.47 Å². The van der Waals surface area contributed by atoms with Crippen LogP contribution in [-0.4, -0.2) is 33.8 Å². The van der Waals surface area contributed by atoms with E-state index in [0.29, 0.717) is 16.9 Å². The summed E-state index contributed by atoms with van der Waals surface area (Å²) in [7, 11) is -3.21. The Morgan fingerprint density at radius 3 is 2.32 bits per heavy atom. The molecule has 28 heavy (non-hydrogen) atoms. The summed E-state index contributed by atoms with van der Waals surface area (Å²) >= 11 is 0. The third-order valence-electron chi connectivity index (χ3n) is 3.67. The SMILES string of the molecule is COc1ccc(C(C)=O)cc1COC(=O)CNS(=O)(=O)c1c(F)cccc1F. The minimum atomic E-state index is -4.60. The van der Waals surface area contributed by atoms with Crippen LogP contribution in [0.4, 0.5) is 8.78 Å². The largest absolute Gasteiger partial charge is 0.496 e. The van der Waals surface area contributed by atoms with Gasteiger partial charge in [-0.25, -0.2) is 17.2 Å². The lowest BCUT2D eigenvalue weighted by atomic mass is 10.1. The van der Waals surface area contributed by atoms with E-state index in [1.165, 1.54) is 26.2 Å². The Hall–Kier alpha value is -2.85. The van der Waals surface area contributed by atoms with Gasteiger partial charge in [-0.15, -0.1) is 0 Å². The number of ether oxygens (including phenoxy) is 2. The second-order valence-corrected chi connectivity index (χ2v) is 7.32. The van der Waals surface area contributed by atoms with Crippen LogP contribution in [0.2, 0.25) is 0 Å². The van der Waals surface area contributed by atoms with Crippen molar-refractivity contribution in [2.45, 2.75) is 18.4 Å². The van der Waals surface area contributed by atoms with E-state index < -0.39 is 39.1 Å². The Labute approximate surface area is 160 Å². The van der Waals surface area contributed by atoms with Gasteiger partial charge in [0.1, 0.15) is 30.5 Å². The van der Waals surface area contributed by atoms with Gasteiger partial charge in [0.25, 0.3) is 0 Å². The van der Waals surface area contributed by atoms with E-state index >= 15 is 0 Å². The number of methoxy groups -OCH3 is 1. The van der Waals surface area contributed by atoms with Crippen LogP contribution < -0.4 is 9.46 Å². The Bertz CT molecular complexity index is 987. The van der Waals surface area contributed by atoms with Gasteiger partial charge in [-0.3, -0.25) is 9.59 Å². The fraction of sp³-hybridized carbons (Fsp3) is 0.222. The number of Topliss-reactive ketones (excluding diaryl/α,β-unsaturated/α-hetero) is 1. The van der Waals surface area contributed by atoms with Crippen molar-refractivity contribution >= 4 is 21.8 Å². The summed E-state index contributed by atoms with van der Waals surface area (Å²) < 4.78 is 63.1. The van der Waals surface area contributed by atoms with Crippen molar-refractivity contribution in [2.24, 2.45) is 0 Å². The van der Waals surface area contributed by atoms with Crippen LogP contribution >= 0.6 is 0 Å². The molecule has 0 aliphatic heterocycles. The van der Waals surface area contributed by atoms with Crippen LogP contribution in [0.3, 0.4) is 0 Å². The van der Waals surface area contributed by atoms with Crippen molar-refractivity contribution in [3.63, 3.8) is 0 Å². The number of ketones is 1. The van der Waals surface area contributed by atoms with Gasteiger partial charge in [0.2, 0.25) is 10.0 Å². The summed E-state index contributed by atoms with van der Waals surface area (Å²) in [5.41, 5.74) is 0.772. The number of carbonyl (C=O) groups is 2. The Balaban J connectivity index is 2.04. The zero-order valence-corrected chi connectivity index (χ0v) is 15.8. The number of hydrogen-bond donors (Lipinski definition) is 1. The predicted molar refractivity (Wildman–Crippen MR) is 94.3 cm³/mol. The Morgan fingerprint density at radius 1 is 1.11 bits per heavy atom. The van der Waals surface area contributed by atoms with E-state index in [1.807, 2.05) is 0 Å². The first-order valence-corrected chi connectivity index (χ1v) is 9.41. The van der Waals surface area contributed by atoms with Crippen LogP contribution in [0.25, 0.3) is 0 Å². The van der Waals surface area contributed by atoms with Crippen molar-refractivity contribution in [3.8, 4) is 5.75 Å². The molecule has 0 heterocycles. The third kappa shape index (κ3) is 5.11. The molecule has 0 unspecified atom stereocenters.